The lowest BCUT2D eigenvalue weighted by Gasteiger charge is -2.49. The normalized spacial score (nSPS) is 30.3. The van der Waals surface area contributed by atoms with E-state index in [2.05, 4.69) is 0 Å². The summed E-state index contributed by atoms with van der Waals surface area (Å²) < 4.78 is 0. The molecule has 0 spiro atoms. The molecule has 4 amide bonds. The second-order valence-corrected chi connectivity index (χ2v) is 12.5. The Morgan fingerprint density at radius 2 is 1.52 bits per heavy atom. The van der Waals surface area contributed by atoms with Gasteiger partial charge in [-0.15, -0.1) is 0 Å². The van der Waals surface area contributed by atoms with Crippen molar-refractivity contribution in [3.63, 3.8) is 0 Å². The van der Waals surface area contributed by atoms with Gasteiger partial charge in [-0.25, -0.2) is 4.90 Å². The number of rotatable bonds is 3. The van der Waals surface area contributed by atoms with Crippen molar-refractivity contribution >= 4 is 46.6 Å². The number of fused-ring (bicyclic) bond motifs is 4. The van der Waals surface area contributed by atoms with Crippen LogP contribution in [0.5, 0.6) is 5.75 Å². The third-order valence-electron chi connectivity index (χ3n) is 9.93. The Bertz CT molecular complexity index is 1700. The summed E-state index contributed by atoms with van der Waals surface area (Å²) in [7, 11) is 0. The van der Waals surface area contributed by atoms with Crippen molar-refractivity contribution in [2.24, 2.45) is 29.1 Å². The van der Waals surface area contributed by atoms with Crippen LogP contribution in [0.25, 0.3) is 0 Å². The first kappa shape index (κ1) is 26.7. The molecule has 0 bridgehead atoms. The quantitative estimate of drug-likeness (QED) is 0.313. The number of halogens is 1. The summed E-state index contributed by atoms with van der Waals surface area (Å²) in [5, 5.41) is 10.8. The van der Waals surface area contributed by atoms with Gasteiger partial charge in [-0.05, 0) is 86.2 Å². The Labute approximate surface area is 248 Å². The number of benzene rings is 3. The van der Waals surface area contributed by atoms with E-state index in [0.717, 1.165) is 11.1 Å². The van der Waals surface area contributed by atoms with Crippen molar-refractivity contribution in [1.29, 1.82) is 0 Å². The Morgan fingerprint density at radius 1 is 0.833 bits per heavy atom. The minimum Gasteiger partial charge on any atom is -0.508 e. The molecule has 212 valence electrons. The fourth-order valence-electron chi connectivity index (χ4n) is 7.92. The largest absolute Gasteiger partial charge is 0.508 e. The van der Waals surface area contributed by atoms with Crippen LogP contribution in [-0.4, -0.2) is 28.7 Å². The van der Waals surface area contributed by atoms with Gasteiger partial charge in [0.05, 0.1) is 34.5 Å². The molecule has 3 fully saturated rings. The molecule has 1 N–H and O–H groups in total. The van der Waals surface area contributed by atoms with Gasteiger partial charge in [0.25, 0.3) is 0 Å². The molecule has 8 heteroatoms. The molecular weight excluding hydrogens is 552 g/mol. The summed E-state index contributed by atoms with van der Waals surface area (Å²) in [6.07, 6.45) is 2.68. The maximum absolute atomic E-state index is 14.4. The van der Waals surface area contributed by atoms with Crippen LogP contribution in [0.4, 0.5) is 11.4 Å². The third-order valence-corrected chi connectivity index (χ3v) is 10.2. The number of hydrogen-bond donors (Lipinski definition) is 1. The minimum absolute atomic E-state index is 0.139. The summed E-state index contributed by atoms with van der Waals surface area (Å²) in [6, 6.07) is 20.8. The van der Waals surface area contributed by atoms with Gasteiger partial charge in [-0.1, -0.05) is 53.6 Å². The number of phenolic OH excluding ortho intramolecular Hbond substituents is 1. The first-order valence-electron chi connectivity index (χ1n) is 14.2. The lowest BCUT2D eigenvalue weighted by molar-refractivity contribution is -0.131. The monoisotopic (exact) mass is 580 g/mol. The molecule has 1 saturated carbocycles. The molecule has 2 heterocycles. The zero-order valence-electron chi connectivity index (χ0n) is 23.2. The maximum Gasteiger partial charge on any atom is 0.241 e. The third kappa shape index (κ3) is 3.59. The van der Waals surface area contributed by atoms with Gasteiger partial charge >= 0.3 is 0 Å². The molecule has 7 nitrogen and oxygen atoms in total. The molecule has 0 radical (unpaired) electrons. The number of allylic oxidation sites excluding steroid dienone is 2. The number of carbonyl (C=O) groups is 4. The first-order valence-corrected chi connectivity index (χ1v) is 14.6. The zero-order valence-corrected chi connectivity index (χ0v) is 23.9. The Morgan fingerprint density at radius 3 is 2.21 bits per heavy atom. The van der Waals surface area contributed by atoms with Crippen LogP contribution in [-0.2, 0) is 19.2 Å². The van der Waals surface area contributed by atoms with Crippen molar-refractivity contribution in [1.82, 2.24) is 0 Å². The molecule has 7 rings (SSSR count). The highest BCUT2D eigenvalue weighted by Gasteiger charge is 2.67. The molecular formula is C34H29ClN2O5. The Kier molecular flexibility index (Phi) is 5.96. The number of para-hydroxylation sites is 1. The summed E-state index contributed by atoms with van der Waals surface area (Å²) in [4.78, 5) is 58.8. The molecule has 42 heavy (non-hydrogen) atoms. The highest BCUT2D eigenvalue weighted by Crippen LogP contribution is 2.63. The van der Waals surface area contributed by atoms with E-state index < -0.39 is 35.0 Å². The summed E-state index contributed by atoms with van der Waals surface area (Å²) in [5.74, 6) is -3.78. The highest BCUT2D eigenvalue weighted by atomic mass is 35.5. The fourth-order valence-corrected chi connectivity index (χ4v) is 8.05. The molecule has 2 aliphatic carbocycles. The van der Waals surface area contributed by atoms with Crippen molar-refractivity contribution in [3.8, 4) is 5.75 Å². The van der Waals surface area contributed by atoms with Crippen molar-refractivity contribution < 1.29 is 24.3 Å². The van der Waals surface area contributed by atoms with Crippen molar-refractivity contribution in [2.75, 3.05) is 9.80 Å². The topological polar surface area (TPSA) is 95.0 Å². The summed E-state index contributed by atoms with van der Waals surface area (Å²) in [5.41, 5.74) is 2.23. The second-order valence-electron chi connectivity index (χ2n) is 12.0. The number of hydrogen-bond acceptors (Lipinski definition) is 5. The minimum atomic E-state index is -1.12. The fraction of sp³-hybridized carbons (Fsp3) is 0.294. The van der Waals surface area contributed by atoms with Crippen LogP contribution in [0.1, 0.15) is 36.8 Å². The van der Waals surface area contributed by atoms with Gasteiger partial charge in [-0.2, -0.15) is 0 Å². The van der Waals surface area contributed by atoms with Crippen LogP contribution >= 0.6 is 11.6 Å². The molecule has 2 aliphatic heterocycles. The number of aryl methyl sites for hydroxylation is 1. The molecule has 3 aromatic carbocycles. The predicted octanol–water partition coefficient (Wildman–Crippen LogP) is 5.79. The summed E-state index contributed by atoms with van der Waals surface area (Å²) in [6.45, 7) is 3.66. The highest BCUT2D eigenvalue weighted by molar-refractivity contribution is 6.31. The number of anilines is 2. The van der Waals surface area contributed by atoms with Crippen LogP contribution < -0.4 is 9.80 Å². The first-order chi connectivity index (χ1) is 20.1. The SMILES string of the molecule is Cc1cc(C2C3=CCC4C(=O)N(c5ccc(Cl)cc5)C(=O)C4C3CC3C(=O)N(c4ccccc4)C(=O)C32C)ccc1O. The van der Waals surface area contributed by atoms with E-state index in [1.807, 2.05) is 25.1 Å². The van der Waals surface area contributed by atoms with Crippen LogP contribution in [0.2, 0.25) is 5.02 Å². The van der Waals surface area contributed by atoms with E-state index in [1.165, 1.54) is 9.80 Å². The Hall–Kier alpha value is -4.23. The zero-order chi connectivity index (χ0) is 29.5. The lowest BCUT2D eigenvalue weighted by Crippen LogP contribution is -2.48. The lowest BCUT2D eigenvalue weighted by atomic mass is 9.51. The number of imide groups is 2. The average molecular weight is 581 g/mol. The molecule has 2 saturated heterocycles. The van der Waals surface area contributed by atoms with Gasteiger partial charge < -0.3 is 5.11 Å². The number of amides is 4. The molecule has 3 aromatic rings. The number of aromatic hydroxyl groups is 1. The second kappa shape index (κ2) is 9.39. The predicted molar refractivity (Wildman–Crippen MR) is 158 cm³/mol. The van der Waals surface area contributed by atoms with E-state index >= 15 is 0 Å². The van der Waals surface area contributed by atoms with E-state index in [4.69, 9.17) is 11.6 Å². The van der Waals surface area contributed by atoms with Gasteiger partial charge in [0.1, 0.15) is 5.75 Å². The van der Waals surface area contributed by atoms with Crippen molar-refractivity contribution in [3.05, 3.63) is 101 Å². The molecule has 4 aliphatic rings. The summed E-state index contributed by atoms with van der Waals surface area (Å²) >= 11 is 6.07. The van der Waals surface area contributed by atoms with Gasteiger partial charge in [0.15, 0.2) is 0 Å². The van der Waals surface area contributed by atoms with Crippen LogP contribution in [0, 0.1) is 36.0 Å². The smallest absolute Gasteiger partial charge is 0.241 e. The molecule has 0 aromatic heterocycles. The van der Waals surface area contributed by atoms with Gasteiger partial charge in [-0.3, -0.25) is 24.1 Å². The number of nitrogens with zero attached hydrogens (tertiary/aromatic N) is 2. The van der Waals surface area contributed by atoms with Gasteiger partial charge in [0, 0.05) is 10.9 Å². The van der Waals surface area contributed by atoms with Crippen LogP contribution in [0.15, 0.2) is 84.4 Å². The van der Waals surface area contributed by atoms with E-state index in [1.54, 1.807) is 67.6 Å². The maximum atomic E-state index is 14.4. The molecule has 6 atom stereocenters. The van der Waals surface area contributed by atoms with Crippen molar-refractivity contribution in [2.45, 2.75) is 32.6 Å². The molecule has 6 unspecified atom stereocenters. The van der Waals surface area contributed by atoms with E-state index in [9.17, 15) is 24.3 Å². The number of phenols is 1. The van der Waals surface area contributed by atoms with E-state index in [0.29, 0.717) is 34.8 Å². The Balaban J connectivity index is 1.37. The van der Waals surface area contributed by atoms with E-state index in [-0.39, 0.29) is 29.4 Å². The van der Waals surface area contributed by atoms with Crippen LogP contribution in [0.3, 0.4) is 0 Å². The standard InChI is InChI=1S/C34H29ClN2O5/c1-18-16-19(8-15-27(18)38)29-23-13-14-24-28(32(41)36(30(24)39)22-11-9-20(35)10-12-22)25(23)17-26-31(40)37(33(42)34(26,29)2)21-6-4-3-5-7-21/h3-13,15-16,24-26,28-29,38H,14,17H2,1-2H3. The van der Waals surface area contributed by atoms with Gasteiger partial charge in [0.2, 0.25) is 23.6 Å². The number of carbonyl (C=O) groups excluding carboxylic acids is 4. The average Bonchev–Trinajstić information content (AvgIpc) is 3.35.